The van der Waals surface area contributed by atoms with E-state index in [-0.39, 0.29) is 66.3 Å². The van der Waals surface area contributed by atoms with Crippen LogP contribution in [-0.2, 0) is 32.7 Å². The number of thiocarbonyl (C=S) groups is 1. The number of thiocyanates is 1. The Balaban J connectivity index is 0. The molecule has 0 saturated carbocycles. The third-order valence-electron chi connectivity index (χ3n) is 2.66. The van der Waals surface area contributed by atoms with Crippen LogP contribution in [0.5, 0.6) is 0 Å². The Bertz CT molecular complexity index is 1040. The summed E-state index contributed by atoms with van der Waals surface area (Å²) in [7, 11) is -7.22. The minimum Gasteiger partial charge on any atom is -0.696 e. The van der Waals surface area contributed by atoms with Crippen LogP contribution in [0, 0.1) is 10.7 Å². The van der Waals surface area contributed by atoms with Crippen molar-refractivity contribution in [2.45, 2.75) is 9.79 Å². The Morgan fingerprint density at radius 1 is 0.931 bits per heavy atom. The first-order valence-electron chi connectivity index (χ1n) is 6.90. The number of sulfonamides is 2. The quantitative estimate of drug-likeness (QED) is 0.0943. The van der Waals surface area contributed by atoms with E-state index in [0.29, 0.717) is 11.4 Å². The van der Waals surface area contributed by atoms with Crippen LogP contribution in [0.25, 0.3) is 0 Å². The number of hydrogen-bond donors (Lipinski definition) is 5. The molecule has 0 amide bonds. The molecule has 0 heterocycles. The van der Waals surface area contributed by atoms with Crippen molar-refractivity contribution in [1.29, 1.82) is 5.26 Å². The first-order chi connectivity index (χ1) is 12.8. The molecule has 0 aliphatic carbocycles. The number of nitriles is 1. The third kappa shape index (κ3) is 13.9. The van der Waals surface area contributed by atoms with Gasteiger partial charge in [0.15, 0.2) is 5.11 Å². The Labute approximate surface area is 222 Å². The normalized spacial score (nSPS) is 9.83. The third-order valence-corrected chi connectivity index (χ3v) is 4.62. The van der Waals surface area contributed by atoms with Crippen molar-refractivity contribution in [3.8, 4) is 5.40 Å². The zero-order valence-electron chi connectivity index (χ0n) is 15.1. The summed E-state index contributed by atoms with van der Waals surface area (Å²) in [5, 5.41) is 21.0. The average molecular weight is 501 g/mol. The second-order valence-corrected chi connectivity index (χ2v) is 8.51. The van der Waals surface area contributed by atoms with Gasteiger partial charge in [0, 0.05) is 11.4 Å². The number of nitrogen functional groups attached to an aromatic ring is 1. The fraction of sp³-hybridized carbons (Fsp3) is 0. The van der Waals surface area contributed by atoms with Gasteiger partial charge >= 0.3 is 51.4 Å². The fourth-order valence-electron chi connectivity index (χ4n) is 1.53. The maximum absolute atomic E-state index is 10.9. The number of hydrogen-bond acceptors (Lipinski definition) is 8. The van der Waals surface area contributed by atoms with E-state index in [4.69, 9.17) is 27.0 Å². The van der Waals surface area contributed by atoms with Gasteiger partial charge in [-0.2, -0.15) is 0 Å². The number of nitrogens with zero attached hydrogens (tertiary/aromatic N) is 1. The van der Waals surface area contributed by atoms with Crippen LogP contribution in [0.2, 0.25) is 0 Å². The van der Waals surface area contributed by atoms with E-state index in [2.05, 4.69) is 30.2 Å². The molecule has 0 fully saturated rings. The molecule has 0 unspecified atom stereocenters. The smallest absolute Gasteiger partial charge is 0.696 e. The minimum absolute atomic E-state index is 0. The van der Waals surface area contributed by atoms with Gasteiger partial charge in [0.1, 0.15) is 0 Å². The Kier molecular flexibility index (Phi) is 14.8. The summed E-state index contributed by atoms with van der Waals surface area (Å²) >= 11 is 8.31. The summed E-state index contributed by atoms with van der Waals surface area (Å²) in [5.74, 6) is 0. The minimum atomic E-state index is -3.64. The van der Waals surface area contributed by atoms with E-state index in [1.165, 1.54) is 53.9 Å². The number of rotatable bonds is 3. The molecule has 0 radical (unpaired) electrons. The molecular weight excluding hydrogens is 484 g/mol. The molecule has 0 saturated heterocycles. The molecule has 2 aromatic rings. The predicted molar refractivity (Wildman–Crippen MR) is 113 cm³/mol. The van der Waals surface area contributed by atoms with Gasteiger partial charge in [-0.3, -0.25) is 0 Å². The Morgan fingerprint density at radius 2 is 1.24 bits per heavy atom. The summed E-state index contributed by atoms with van der Waals surface area (Å²) in [6.07, 6.45) is 0. The van der Waals surface area contributed by atoms with E-state index in [0.717, 1.165) is 0 Å². The van der Waals surface area contributed by atoms with E-state index in [1.807, 2.05) is 0 Å². The van der Waals surface area contributed by atoms with E-state index in [9.17, 15) is 16.8 Å². The number of nitrogens with one attached hydrogen (secondary N) is 1. The van der Waals surface area contributed by atoms with Crippen LogP contribution in [0.15, 0.2) is 58.3 Å². The van der Waals surface area contributed by atoms with Crippen LogP contribution >= 0.6 is 12.2 Å². The standard InChI is InChI=1S/C7H9N3O2S2.C6H8N2O2S.CHNS.K/c8-7(13)10-5-1-3-6(4-2-5)14(9,11)12;7-5-1-3-6(4-2-5)11(8,9)10;2-1-3;/h1-4H,(H3,8,10,13)(H2,9,11,12);1-4H,7H2,(H2,8,9,10);3H;/q;;;+1/p-1. The molecule has 0 atom stereocenters. The molecule has 0 spiro atoms. The second-order valence-electron chi connectivity index (χ2n) is 4.76. The Hall–Kier alpha value is -0.904. The molecule has 0 bridgehead atoms. The van der Waals surface area contributed by atoms with Crippen molar-refractivity contribution >= 4 is 61.4 Å². The predicted octanol–water partition coefficient (Wildman–Crippen LogP) is -3.08. The van der Waals surface area contributed by atoms with E-state index in [1.54, 1.807) is 0 Å². The molecule has 9 N–H and O–H groups in total. The van der Waals surface area contributed by atoms with Crippen LogP contribution in [0.3, 0.4) is 0 Å². The monoisotopic (exact) mass is 500 g/mol. The molecule has 10 nitrogen and oxygen atoms in total. The zero-order valence-corrected chi connectivity index (χ0v) is 21.5. The van der Waals surface area contributed by atoms with Gasteiger partial charge in [-0.1, -0.05) is 5.40 Å². The van der Waals surface area contributed by atoms with Gasteiger partial charge < -0.3 is 29.4 Å². The van der Waals surface area contributed by atoms with Gasteiger partial charge in [-0.25, -0.2) is 32.4 Å². The molecule has 29 heavy (non-hydrogen) atoms. The summed E-state index contributed by atoms with van der Waals surface area (Å²) < 4.78 is 43.1. The largest absolute Gasteiger partial charge is 1.00 e. The van der Waals surface area contributed by atoms with Crippen molar-refractivity contribution in [2.75, 3.05) is 11.1 Å². The number of primary sulfonamides is 2. The van der Waals surface area contributed by atoms with E-state index >= 15 is 0 Å². The van der Waals surface area contributed by atoms with Gasteiger partial charge in [-0.15, -0.1) is 0 Å². The van der Waals surface area contributed by atoms with Crippen LogP contribution < -0.4 is 78.4 Å². The number of benzene rings is 2. The summed E-state index contributed by atoms with van der Waals surface area (Å²) in [6, 6.07) is 11.5. The number of nitrogens with two attached hydrogens (primary N) is 4. The van der Waals surface area contributed by atoms with Gasteiger partial charge in [0.05, 0.1) is 9.79 Å². The van der Waals surface area contributed by atoms with Crippen molar-refractivity contribution in [2.24, 2.45) is 16.0 Å². The van der Waals surface area contributed by atoms with Crippen molar-refractivity contribution in [3.63, 3.8) is 0 Å². The second kappa shape index (κ2) is 14.2. The van der Waals surface area contributed by atoms with Crippen LogP contribution in [0.4, 0.5) is 11.4 Å². The van der Waals surface area contributed by atoms with Gasteiger partial charge in [-0.05, 0) is 60.7 Å². The molecule has 15 heteroatoms. The maximum atomic E-state index is 10.9. The molecular formula is C14H17KN6O4S4. The van der Waals surface area contributed by atoms with Crippen molar-refractivity contribution in [1.82, 2.24) is 0 Å². The summed E-state index contributed by atoms with van der Waals surface area (Å²) in [4.78, 5) is 0.123. The SMILES string of the molecule is N#C[S-].NC(=S)Nc1ccc(S(N)(=O)=O)cc1.Nc1ccc(S(N)(=O)=O)cc1.[K+]. The topological polar surface area (TPSA) is 208 Å². The fourth-order valence-corrected chi connectivity index (χ4v) is 2.68. The molecule has 0 aliphatic rings. The molecule has 152 valence electrons. The van der Waals surface area contributed by atoms with Gasteiger partial charge in [0.25, 0.3) is 0 Å². The average Bonchev–Trinajstić information content (AvgIpc) is 2.55. The molecule has 0 aliphatic heterocycles. The number of anilines is 2. The molecule has 2 rings (SSSR count). The molecule has 2 aromatic carbocycles. The Morgan fingerprint density at radius 3 is 1.52 bits per heavy atom. The zero-order chi connectivity index (χ0) is 22.0. The molecule has 0 aromatic heterocycles. The van der Waals surface area contributed by atoms with Gasteiger partial charge in [0.2, 0.25) is 20.0 Å². The summed E-state index contributed by atoms with van der Waals surface area (Å²) in [5.41, 5.74) is 11.7. The summed E-state index contributed by atoms with van der Waals surface area (Å²) in [6.45, 7) is 0. The van der Waals surface area contributed by atoms with Crippen molar-refractivity contribution in [3.05, 3.63) is 48.5 Å². The maximum Gasteiger partial charge on any atom is 1.00 e. The first-order valence-corrected chi connectivity index (χ1v) is 10.8. The van der Waals surface area contributed by atoms with Crippen LogP contribution in [-0.4, -0.2) is 21.9 Å². The first kappa shape index (κ1) is 30.3. The van der Waals surface area contributed by atoms with E-state index < -0.39 is 20.0 Å². The van der Waals surface area contributed by atoms with Crippen molar-refractivity contribution < 1.29 is 68.2 Å². The van der Waals surface area contributed by atoms with Crippen LogP contribution in [0.1, 0.15) is 0 Å².